The van der Waals surface area contributed by atoms with Gasteiger partial charge in [0, 0.05) is 18.4 Å². The molecule has 31 heavy (non-hydrogen) atoms. The Bertz CT molecular complexity index is 1200. The summed E-state index contributed by atoms with van der Waals surface area (Å²) >= 11 is 0. The molecule has 0 unspecified atom stereocenters. The summed E-state index contributed by atoms with van der Waals surface area (Å²) in [6.45, 7) is 1.42. The number of carbonyl (C=O) groups is 3. The number of hydrogen-bond acceptors (Lipinski definition) is 5. The Labute approximate surface area is 175 Å². The van der Waals surface area contributed by atoms with E-state index in [1.165, 1.54) is 20.0 Å². The van der Waals surface area contributed by atoms with Crippen LogP contribution in [0.25, 0.3) is 0 Å². The molecule has 2 amide bonds. The summed E-state index contributed by atoms with van der Waals surface area (Å²) in [4.78, 5) is 37.6. The van der Waals surface area contributed by atoms with Gasteiger partial charge < -0.3 is 19.9 Å². The van der Waals surface area contributed by atoms with Gasteiger partial charge in [0.25, 0.3) is 17.6 Å². The van der Waals surface area contributed by atoms with Gasteiger partial charge in [-0.3, -0.25) is 14.4 Å². The van der Waals surface area contributed by atoms with E-state index < -0.39 is 46.0 Å². The molecule has 0 spiro atoms. The molecular weight excluding hydrogens is 410 g/mol. The Morgan fingerprint density at radius 3 is 2.52 bits per heavy atom. The molecule has 1 aliphatic rings. The molecule has 1 fully saturated rings. The van der Waals surface area contributed by atoms with E-state index >= 15 is 4.39 Å². The van der Waals surface area contributed by atoms with Gasteiger partial charge in [-0.25, -0.2) is 8.78 Å². The van der Waals surface area contributed by atoms with Crippen molar-refractivity contribution in [3.8, 4) is 18.4 Å². The SMILES string of the molecule is C#CC1(NC(=O)C(=O)c2c(F)c(C(=O)Nc3ccc(F)c(C#N)c3)n(C)c2C)COC1. The fraction of sp³-hybridized carbons (Fsp3) is 0.238. The van der Waals surface area contributed by atoms with E-state index in [-0.39, 0.29) is 30.2 Å². The number of nitrogens with zero attached hydrogens (tertiary/aromatic N) is 2. The predicted octanol–water partition coefficient (Wildman–Crippen LogP) is 1.44. The zero-order valence-corrected chi connectivity index (χ0v) is 16.5. The van der Waals surface area contributed by atoms with Gasteiger partial charge in [-0.2, -0.15) is 5.26 Å². The Hall–Kier alpha value is -4.02. The molecule has 2 heterocycles. The van der Waals surface area contributed by atoms with E-state index in [0.29, 0.717) is 0 Å². The molecule has 0 bridgehead atoms. The second-order valence-electron chi connectivity index (χ2n) is 6.95. The molecule has 158 valence electrons. The molecule has 1 aromatic carbocycles. The first-order valence-electron chi connectivity index (χ1n) is 8.92. The first-order valence-corrected chi connectivity index (χ1v) is 8.92. The number of ether oxygens (including phenoxy) is 1. The van der Waals surface area contributed by atoms with Gasteiger partial charge in [-0.05, 0) is 25.1 Å². The first kappa shape index (κ1) is 21.7. The van der Waals surface area contributed by atoms with Crippen LogP contribution >= 0.6 is 0 Å². The number of nitrogens with one attached hydrogen (secondary N) is 2. The number of halogens is 2. The largest absolute Gasteiger partial charge is 0.374 e. The molecule has 1 saturated heterocycles. The van der Waals surface area contributed by atoms with Gasteiger partial charge in [-0.15, -0.1) is 6.42 Å². The lowest BCUT2D eigenvalue weighted by Gasteiger charge is -2.37. The van der Waals surface area contributed by atoms with E-state index in [1.54, 1.807) is 6.07 Å². The Morgan fingerprint density at radius 2 is 1.97 bits per heavy atom. The van der Waals surface area contributed by atoms with Crippen molar-refractivity contribution in [2.24, 2.45) is 7.05 Å². The lowest BCUT2D eigenvalue weighted by atomic mass is 9.98. The third kappa shape index (κ3) is 3.77. The highest BCUT2D eigenvalue weighted by Crippen LogP contribution is 2.24. The minimum atomic E-state index is -1.19. The third-order valence-electron chi connectivity index (χ3n) is 4.95. The van der Waals surface area contributed by atoms with Crippen molar-refractivity contribution < 1.29 is 27.9 Å². The standard InChI is InChI=1S/C21H16F2N4O4/c1-4-21(9-31-10-21)26-20(30)18(28)15-11(2)27(3)17(16(15)23)19(29)25-13-5-6-14(22)12(7-13)8-24/h1,5-7H,9-10H2,2-3H3,(H,25,29)(H,26,30). The normalized spacial score (nSPS) is 14.0. The van der Waals surface area contributed by atoms with Crippen LogP contribution in [0.5, 0.6) is 0 Å². The quantitative estimate of drug-likeness (QED) is 0.427. The number of carbonyl (C=O) groups excluding carboxylic acids is 3. The van der Waals surface area contributed by atoms with Gasteiger partial charge in [0.1, 0.15) is 23.1 Å². The van der Waals surface area contributed by atoms with Crippen LogP contribution in [0.15, 0.2) is 18.2 Å². The van der Waals surface area contributed by atoms with Crippen LogP contribution in [0, 0.1) is 42.2 Å². The van der Waals surface area contributed by atoms with Gasteiger partial charge in [0.2, 0.25) is 0 Å². The number of terminal acetylenes is 1. The zero-order valence-electron chi connectivity index (χ0n) is 16.5. The van der Waals surface area contributed by atoms with Gasteiger partial charge in [0.15, 0.2) is 5.82 Å². The van der Waals surface area contributed by atoms with Crippen LogP contribution in [0.2, 0.25) is 0 Å². The lowest BCUT2D eigenvalue weighted by Crippen LogP contribution is -2.62. The molecule has 0 atom stereocenters. The van der Waals surface area contributed by atoms with Crippen LogP contribution in [-0.2, 0) is 16.6 Å². The number of anilines is 1. The third-order valence-corrected chi connectivity index (χ3v) is 4.95. The van der Waals surface area contributed by atoms with Gasteiger partial charge >= 0.3 is 0 Å². The maximum Gasteiger partial charge on any atom is 0.293 e. The summed E-state index contributed by atoms with van der Waals surface area (Å²) < 4.78 is 34.6. The molecule has 1 aromatic heterocycles. The Morgan fingerprint density at radius 1 is 1.29 bits per heavy atom. The zero-order chi connectivity index (χ0) is 22.9. The molecule has 0 aliphatic carbocycles. The number of ketones is 1. The van der Waals surface area contributed by atoms with Crippen LogP contribution in [0.3, 0.4) is 0 Å². The molecule has 2 aromatic rings. The minimum absolute atomic E-state index is 0.0226. The topological polar surface area (TPSA) is 113 Å². The van der Waals surface area contributed by atoms with E-state index in [9.17, 15) is 18.8 Å². The first-order chi connectivity index (χ1) is 14.6. The van der Waals surface area contributed by atoms with Crippen LogP contribution in [0.1, 0.15) is 32.1 Å². The summed E-state index contributed by atoms with van der Waals surface area (Å²) in [6.07, 6.45) is 5.36. The van der Waals surface area contributed by atoms with Gasteiger partial charge in [0.05, 0.1) is 24.3 Å². The van der Waals surface area contributed by atoms with Crippen molar-refractivity contribution in [2.75, 3.05) is 18.5 Å². The van der Waals surface area contributed by atoms with Crippen LogP contribution in [0.4, 0.5) is 14.5 Å². The Kier molecular flexibility index (Phi) is 5.60. The fourth-order valence-electron chi connectivity index (χ4n) is 3.04. The number of Topliss-reactive ketones (excluding diaryl/α,β-unsaturated/α-hetero) is 1. The summed E-state index contributed by atoms with van der Waals surface area (Å²) in [5.41, 5.74) is -2.44. The molecule has 3 rings (SSSR count). The van der Waals surface area contributed by atoms with E-state index in [2.05, 4.69) is 16.6 Å². The second kappa shape index (κ2) is 8.01. The highest BCUT2D eigenvalue weighted by Gasteiger charge is 2.41. The van der Waals surface area contributed by atoms with Crippen LogP contribution < -0.4 is 10.6 Å². The summed E-state index contributed by atoms with van der Waals surface area (Å²) in [5.74, 6) is -2.91. The maximum absolute atomic E-state index is 15.1. The molecule has 10 heteroatoms. The number of nitriles is 1. The van der Waals surface area contributed by atoms with Crippen LogP contribution in [-0.4, -0.2) is 40.9 Å². The highest BCUT2D eigenvalue weighted by atomic mass is 19.1. The van der Waals surface area contributed by atoms with Crippen molar-refractivity contribution >= 4 is 23.3 Å². The van der Waals surface area contributed by atoms with Crippen molar-refractivity contribution in [3.05, 3.63) is 52.3 Å². The number of hydrogen-bond donors (Lipinski definition) is 2. The van der Waals surface area contributed by atoms with Crippen molar-refractivity contribution in [2.45, 2.75) is 12.5 Å². The molecular formula is C21H16F2N4O4. The average Bonchev–Trinajstić information content (AvgIpc) is 2.93. The smallest absolute Gasteiger partial charge is 0.293 e. The average molecular weight is 426 g/mol. The number of rotatable bonds is 5. The number of amides is 2. The monoisotopic (exact) mass is 426 g/mol. The highest BCUT2D eigenvalue weighted by molar-refractivity contribution is 6.43. The molecule has 0 radical (unpaired) electrons. The maximum atomic E-state index is 15.1. The molecule has 2 N–H and O–H groups in total. The lowest BCUT2D eigenvalue weighted by molar-refractivity contribution is -0.124. The van der Waals surface area contributed by atoms with Gasteiger partial charge in [-0.1, -0.05) is 5.92 Å². The van der Waals surface area contributed by atoms with E-state index in [4.69, 9.17) is 16.4 Å². The van der Waals surface area contributed by atoms with E-state index in [0.717, 1.165) is 16.7 Å². The summed E-state index contributed by atoms with van der Waals surface area (Å²) in [6, 6.07) is 4.88. The predicted molar refractivity (Wildman–Crippen MR) is 104 cm³/mol. The number of benzene rings is 1. The molecule has 0 saturated carbocycles. The Balaban J connectivity index is 1.89. The van der Waals surface area contributed by atoms with Crippen molar-refractivity contribution in [1.82, 2.24) is 9.88 Å². The minimum Gasteiger partial charge on any atom is -0.374 e. The molecule has 8 nitrogen and oxygen atoms in total. The second-order valence-corrected chi connectivity index (χ2v) is 6.95. The summed E-state index contributed by atoms with van der Waals surface area (Å²) in [7, 11) is 1.34. The van der Waals surface area contributed by atoms with Crippen molar-refractivity contribution in [3.63, 3.8) is 0 Å². The fourth-order valence-corrected chi connectivity index (χ4v) is 3.04. The number of aromatic nitrogens is 1. The van der Waals surface area contributed by atoms with Crippen molar-refractivity contribution in [1.29, 1.82) is 5.26 Å². The van der Waals surface area contributed by atoms with E-state index in [1.807, 2.05) is 0 Å². The summed E-state index contributed by atoms with van der Waals surface area (Å²) in [5, 5.41) is 13.6. The molecule has 1 aliphatic heterocycles.